The van der Waals surface area contributed by atoms with Crippen molar-refractivity contribution in [3.8, 4) is 0 Å². The third kappa shape index (κ3) is 8.53. The lowest BCUT2D eigenvalue weighted by molar-refractivity contribution is 0.297. The summed E-state index contributed by atoms with van der Waals surface area (Å²) in [5.41, 5.74) is 2.17. The van der Waals surface area contributed by atoms with E-state index in [9.17, 15) is 0 Å². The summed E-state index contributed by atoms with van der Waals surface area (Å²) < 4.78 is 0. The van der Waals surface area contributed by atoms with Crippen LogP contribution in [0.4, 0.5) is 0 Å². The lowest BCUT2D eigenvalue weighted by Gasteiger charge is -2.17. The highest BCUT2D eigenvalue weighted by molar-refractivity contribution is 6.96. The Morgan fingerprint density at radius 3 is 2.46 bits per heavy atom. The highest BCUT2D eigenvalue weighted by atomic mass is 35.6. The molecule has 0 amide bonds. The average Bonchev–Trinajstić information content (AvgIpc) is 2.17. The monoisotopic (exact) mass is 219 g/mol. The van der Waals surface area contributed by atoms with Gasteiger partial charge in [0.15, 0.2) is 0 Å². The first-order valence-corrected chi connectivity index (χ1v) is 8.23. The van der Waals surface area contributed by atoms with Crippen molar-refractivity contribution in [1.82, 2.24) is 4.90 Å². The summed E-state index contributed by atoms with van der Waals surface area (Å²) in [6.07, 6.45) is 6.07. The number of nitrogens with zero attached hydrogens (tertiary/aromatic N) is 1. The van der Waals surface area contributed by atoms with Gasteiger partial charge in [0.25, 0.3) is 0 Å². The highest BCUT2D eigenvalue weighted by Crippen LogP contribution is 1.99. The van der Waals surface area contributed by atoms with Gasteiger partial charge in [-0.1, -0.05) is 25.6 Å². The molecule has 0 spiro atoms. The van der Waals surface area contributed by atoms with Crippen molar-refractivity contribution in [2.45, 2.75) is 33.1 Å². The van der Waals surface area contributed by atoms with Gasteiger partial charge in [-0.25, -0.2) is 0 Å². The normalized spacial score (nSPS) is 12.6. The minimum absolute atomic E-state index is 0.363. The van der Waals surface area contributed by atoms with Crippen LogP contribution in [-0.2, 0) is 0 Å². The van der Waals surface area contributed by atoms with Crippen molar-refractivity contribution in [2.75, 3.05) is 19.6 Å². The van der Waals surface area contributed by atoms with E-state index in [-0.39, 0.29) is 8.83 Å². The molecule has 0 aliphatic rings. The first kappa shape index (κ1) is 13.2. The van der Waals surface area contributed by atoms with Gasteiger partial charge in [0.1, 0.15) is 8.83 Å². The zero-order valence-corrected chi connectivity index (χ0v) is 11.1. The molecular weight excluding hydrogens is 198 g/mol. The van der Waals surface area contributed by atoms with E-state index in [0.717, 1.165) is 0 Å². The molecule has 0 bridgehead atoms. The number of halogens is 1. The van der Waals surface area contributed by atoms with Gasteiger partial charge in [0, 0.05) is 0 Å². The minimum Gasteiger partial charge on any atom is -0.304 e. The first-order valence-electron chi connectivity index (χ1n) is 5.28. The van der Waals surface area contributed by atoms with Gasteiger partial charge in [0.2, 0.25) is 0 Å². The van der Waals surface area contributed by atoms with Crippen LogP contribution in [0.2, 0.25) is 0 Å². The van der Waals surface area contributed by atoms with E-state index in [0.29, 0.717) is 0 Å². The lowest BCUT2D eigenvalue weighted by Crippen LogP contribution is -2.23. The Morgan fingerprint density at radius 2 is 1.92 bits per heavy atom. The third-order valence-electron chi connectivity index (χ3n) is 2.25. The van der Waals surface area contributed by atoms with Gasteiger partial charge >= 0.3 is 0 Å². The van der Waals surface area contributed by atoms with E-state index in [1.165, 1.54) is 38.9 Å². The molecule has 0 N–H and O–H groups in total. The van der Waals surface area contributed by atoms with Gasteiger partial charge in [-0.15, -0.1) is 0 Å². The van der Waals surface area contributed by atoms with Crippen molar-refractivity contribution < 1.29 is 0 Å². The van der Waals surface area contributed by atoms with E-state index < -0.39 is 0 Å². The molecule has 3 heteroatoms. The first-order chi connectivity index (χ1) is 6.35. The molecule has 0 atom stereocenters. The molecule has 0 aromatic rings. The molecular formula is C10H22ClNSi. The number of hydrogen-bond donors (Lipinski definition) is 0. The summed E-state index contributed by atoms with van der Waals surface area (Å²) in [7, 11) is -0.363. The fourth-order valence-electron chi connectivity index (χ4n) is 1.32. The molecule has 0 unspecified atom stereocenters. The van der Waals surface area contributed by atoms with Gasteiger partial charge in [-0.3, -0.25) is 0 Å². The smallest absolute Gasteiger partial charge is 0.148 e. The quantitative estimate of drug-likeness (QED) is 0.344. The molecule has 0 aromatic heterocycles. The fourth-order valence-corrected chi connectivity index (χ4v) is 2.06. The summed E-state index contributed by atoms with van der Waals surface area (Å²) in [5, 5.41) is 0. The maximum Gasteiger partial charge on any atom is 0.148 e. The molecule has 0 aliphatic heterocycles. The van der Waals surface area contributed by atoms with Crippen LogP contribution in [0.25, 0.3) is 0 Å². The fraction of sp³-hybridized carbons (Fsp3) is 0.800. The van der Waals surface area contributed by atoms with Crippen LogP contribution in [-0.4, -0.2) is 33.4 Å². The zero-order valence-electron chi connectivity index (χ0n) is 8.93. The van der Waals surface area contributed by atoms with Crippen LogP contribution in [0.15, 0.2) is 11.8 Å². The SMILES string of the molecule is CCN(CC)CCCCC=C[SiH2]Cl. The maximum atomic E-state index is 5.65. The Labute approximate surface area is 89.7 Å². The molecule has 0 heterocycles. The Morgan fingerprint density at radius 1 is 1.23 bits per heavy atom. The predicted octanol–water partition coefficient (Wildman–Crippen LogP) is 2.33. The van der Waals surface area contributed by atoms with Crippen LogP contribution in [0.5, 0.6) is 0 Å². The van der Waals surface area contributed by atoms with Crippen LogP contribution in [0, 0.1) is 0 Å². The molecule has 0 aliphatic carbocycles. The van der Waals surface area contributed by atoms with Gasteiger partial charge in [-0.2, -0.15) is 11.1 Å². The molecule has 13 heavy (non-hydrogen) atoms. The number of allylic oxidation sites excluding steroid dienone is 1. The molecule has 78 valence electrons. The van der Waals surface area contributed by atoms with Gasteiger partial charge < -0.3 is 4.90 Å². The second-order valence-electron chi connectivity index (χ2n) is 3.15. The summed E-state index contributed by atoms with van der Waals surface area (Å²) in [5.74, 6) is 0. The topological polar surface area (TPSA) is 3.24 Å². The second-order valence-corrected chi connectivity index (χ2v) is 4.85. The Bertz CT molecular complexity index is 124. The van der Waals surface area contributed by atoms with Gasteiger partial charge in [0.05, 0.1) is 0 Å². The Balaban J connectivity index is 3.19. The van der Waals surface area contributed by atoms with Crippen molar-refractivity contribution in [3.05, 3.63) is 11.8 Å². The summed E-state index contributed by atoms with van der Waals surface area (Å²) in [6.45, 7) is 8.06. The average molecular weight is 220 g/mol. The molecule has 0 rings (SSSR count). The molecule has 0 aromatic carbocycles. The van der Waals surface area contributed by atoms with E-state index in [1.807, 2.05) is 0 Å². The lowest BCUT2D eigenvalue weighted by atomic mass is 10.2. The minimum atomic E-state index is -0.363. The van der Waals surface area contributed by atoms with Crippen molar-refractivity contribution in [1.29, 1.82) is 0 Å². The molecule has 1 nitrogen and oxygen atoms in total. The van der Waals surface area contributed by atoms with E-state index >= 15 is 0 Å². The van der Waals surface area contributed by atoms with E-state index in [4.69, 9.17) is 11.1 Å². The molecule has 0 saturated carbocycles. The number of rotatable bonds is 8. The van der Waals surface area contributed by atoms with Crippen molar-refractivity contribution in [2.24, 2.45) is 0 Å². The molecule has 0 radical (unpaired) electrons. The summed E-state index contributed by atoms with van der Waals surface area (Å²) in [4.78, 5) is 2.47. The van der Waals surface area contributed by atoms with E-state index in [1.54, 1.807) is 0 Å². The zero-order chi connectivity index (χ0) is 9.94. The second kappa shape index (κ2) is 10.3. The summed E-state index contributed by atoms with van der Waals surface area (Å²) >= 11 is 5.65. The standard InChI is InChI=1S/C10H22ClNSi/c1-3-12(4-2)9-7-5-6-8-10-13-11/h8,10H,3-7,9,13H2,1-2H3. The van der Waals surface area contributed by atoms with Crippen LogP contribution in [0.3, 0.4) is 0 Å². The van der Waals surface area contributed by atoms with E-state index in [2.05, 4.69) is 30.5 Å². The van der Waals surface area contributed by atoms with Gasteiger partial charge in [-0.05, 0) is 38.9 Å². The third-order valence-corrected chi connectivity index (χ3v) is 3.29. The molecule has 0 fully saturated rings. The largest absolute Gasteiger partial charge is 0.304 e. The Kier molecular flexibility index (Phi) is 10.5. The van der Waals surface area contributed by atoms with Crippen molar-refractivity contribution in [3.63, 3.8) is 0 Å². The van der Waals surface area contributed by atoms with Crippen LogP contribution in [0.1, 0.15) is 33.1 Å². The maximum absolute atomic E-state index is 5.65. The Hall–Kier alpha value is 0.207. The predicted molar refractivity (Wildman–Crippen MR) is 65.2 cm³/mol. The van der Waals surface area contributed by atoms with Crippen LogP contribution >= 0.6 is 11.1 Å². The van der Waals surface area contributed by atoms with Crippen LogP contribution < -0.4 is 0 Å². The van der Waals surface area contributed by atoms with Crippen molar-refractivity contribution >= 4 is 19.9 Å². The number of hydrogen-bond acceptors (Lipinski definition) is 1. The highest BCUT2D eigenvalue weighted by Gasteiger charge is 1.96. The number of unbranched alkanes of at least 4 members (excludes halogenated alkanes) is 2. The molecule has 0 saturated heterocycles. The summed E-state index contributed by atoms with van der Waals surface area (Å²) in [6, 6.07) is 0.